The molecule has 6 bridgehead atoms. The summed E-state index contributed by atoms with van der Waals surface area (Å²) in [6.45, 7) is 13.6. The maximum absolute atomic E-state index is 12.2. The van der Waals surface area contributed by atoms with Crippen molar-refractivity contribution in [3.05, 3.63) is 65.9 Å². The topological polar surface area (TPSA) is 98.4 Å². The number of piperidine rings is 1. The summed E-state index contributed by atoms with van der Waals surface area (Å²) >= 11 is 0. The van der Waals surface area contributed by atoms with Gasteiger partial charge < -0.3 is 24.2 Å². The highest BCUT2D eigenvalue weighted by molar-refractivity contribution is 5.78. The Labute approximate surface area is 271 Å². The summed E-state index contributed by atoms with van der Waals surface area (Å²) in [5.41, 5.74) is 4.88. The van der Waals surface area contributed by atoms with Crippen LogP contribution in [-0.4, -0.2) is 62.4 Å². The Hall–Kier alpha value is -3.95. The SMILES string of the molecule is Cc1nc2cc3nn2c(c1CC(=O)O)N1CCC(C)(CC1OC(C)(C)C)OCCCCC(C)Oc1ccccc1-c1cccc-3c1. The zero-order chi connectivity index (χ0) is 32.6. The van der Waals surface area contributed by atoms with E-state index in [0.717, 1.165) is 53.8 Å². The van der Waals surface area contributed by atoms with Gasteiger partial charge in [0.15, 0.2) is 5.65 Å². The number of hydrogen-bond acceptors (Lipinski definition) is 7. The first-order chi connectivity index (χ1) is 21.9. The number of benzene rings is 2. The lowest BCUT2D eigenvalue weighted by Gasteiger charge is -2.47. The number of nitrogens with zero attached hydrogens (tertiary/aromatic N) is 4. The van der Waals surface area contributed by atoms with Gasteiger partial charge in [0.1, 0.15) is 17.8 Å². The number of para-hydroxylation sites is 1. The van der Waals surface area contributed by atoms with E-state index in [-0.39, 0.29) is 18.8 Å². The maximum atomic E-state index is 12.2. The monoisotopic (exact) mass is 626 g/mol. The van der Waals surface area contributed by atoms with E-state index < -0.39 is 17.2 Å². The molecule has 0 saturated carbocycles. The van der Waals surface area contributed by atoms with Crippen LogP contribution in [0.2, 0.25) is 0 Å². The van der Waals surface area contributed by atoms with Crippen LogP contribution in [0.3, 0.4) is 0 Å². The molecule has 4 aromatic rings. The average Bonchev–Trinajstić information content (AvgIpc) is 3.40. The number of ether oxygens (including phenoxy) is 3. The lowest BCUT2D eigenvalue weighted by molar-refractivity contribution is -0.136. The molecular weight excluding hydrogens is 580 g/mol. The van der Waals surface area contributed by atoms with Crippen molar-refractivity contribution >= 4 is 17.4 Å². The molecule has 9 nitrogen and oxygen atoms in total. The molecule has 2 aromatic carbocycles. The van der Waals surface area contributed by atoms with E-state index in [2.05, 4.69) is 36.9 Å². The van der Waals surface area contributed by atoms with E-state index in [9.17, 15) is 9.90 Å². The zero-order valence-corrected chi connectivity index (χ0v) is 27.9. The van der Waals surface area contributed by atoms with Gasteiger partial charge in [-0.2, -0.15) is 9.61 Å². The molecule has 3 aliphatic heterocycles. The lowest BCUT2D eigenvalue weighted by atomic mass is 9.91. The minimum absolute atomic E-state index is 0.0597. The van der Waals surface area contributed by atoms with Gasteiger partial charge in [0.25, 0.3) is 0 Å². The predicted molar refractivity (Wildman–Crippen MR) is 179 cm³/mol. The Morgan fingerprint density at radius 1 is 1.11 bits per heavy atom. The predicted octanol–water partition coefficient (Wildman–Crippen LogP) is 7.47. The highest BCUT2D eigenvalue weighted by Crippen LogP contribution is 2.39. The third kappa shape index (κ3) is 6.90. The molecule has 3 aliphatic rings. The molecule has 1 N–H and O–H groups in total. The molecule has 0 aliphatic carbocycles. The molecule has 3 atom stereocenters. The smallest absolute Gasteiger partial charge is 0.308 e. The first kappa shape index (κ1) is 32.0. The first-order valence-electron chi connectivity index (χ1n) is 16.5. The minimum atomic E-state index is -0.916. The van der Waals surface area contributed by atoms with Gasteiger partial charge in [-0.25, -0.2) is 4.98 Å². The van der Waals surface area contributed by atoms with Gasteiger partial charge in [0.05, 0.1) is 29.4 Å². The maximum Gasteiger partial charge on any atom is 0.308 e. The first-order valence-corrected chi connectivity index (χ1v) is 16.5. The van der Waals surface area contributed by atoms with Gasteiger partial charge in [-0.15, -0.1) is 0 Å². The van der Waals surface area contributed by atoms with Crippen molar-refractivity contribution in [2.75, 3.05) is 18.1 Å². The number of aromatic nitrogens is 3. The van der Waals surface area contributed by atoms with Crippen LogP contribution >= 0.6 is 0 Å². The van der Waals surface area contributed by atoms with Crippen molar-refractivity contribution in [1.82, 2.24) is 14.6 Å². The summed E-state index contributed by atoms with van der Waals surface area (Å²) in [4.78, 5) is 19.2. The second-order valence-electron chi connectivity index (χ2n) is 14.0. The van der Waals surface area contributed by atoms with E-state index in [1.54, 1.807) is 0 Å². The molecule has 1 saturated heterocycles. The number of carbonyl (C=O) groups is 1. The molecule has 1 fully saturated rings. The van der Waals surface area contributed by atoms with Gasteiger partial charge in [-0.05, 0) is 84.9 Å². The number of fused-ring (bicyclic) bond motifs is 8. The number of aryl methyl sites for hydroxylation is 1. The van der Waals surface area contributed by atoms with Crippen molar-refractivity contribution in [3.63, 3.8) is 0 Å². The minimum Gasteiger partial charge on any atom is -0.490 e. The number of carboxylic acid groups (broad SMARTS) is 1. The van der Waals surface area contributed by atoms with Crippen LogP contribution < -0.4 is 9.64 Å². The standard InChI is InChI=1S/C37H46N4O5/c1-24-12-9-10-19-44-37(6)17-18-40(33(23-37)46-36(3,4)5)35-29(21-34(42)43)25(2)38-32-22-30(39-41(32)35)27-14-11-13-26(20-27)28-15-7-8-16-31(28)45-24/h7-8,11,13-16,20,22,24,33H,9-10,12,17-19,21,23H2,1-6H3,(H,42,43). The van der Waals surface area contributed by atoms with Gasteiger partial charge in [-0.1, -0.05) is 36.4 Å². The molecule has 244 valence electrons. The van der Waals surface area contributed by atoms with E-state index in [0.29, 0.717) is 42.3 Å². The summed E-state index contributed by atoms with van der Waals surface area (Å²) in [5, 5.41) is 15.1. The Morgan fingerprint density at radius 3 is 2.67 bits per heavy atom. The second-order valence-corrected chi connectivity index (χ2v) is 14.0. The van der Waals surface area contributed by atoms with Crippen LogP contribution in [0.4, 0.5) is 5.82 Å². The summed E-state index contributed by atoms with van der Waals surface area (Å²) in [6.07, 6.45) is 3.78. The van der Waals surface area contributed by atoms with Gasteiger partial charge in [0, 0.05) is 48.0 Å². The fraction of sp³-hybridized carbons (Fsp3) is 0.486. The summed E-state index contributed by atoms with van der Waals surface area (Å²) in [5.74, 6) is 0.652. The van der Waals surface area contributed by atoms with Crippen molar-refractivity contribution < 1.29 is 24.1 Å². The second kappa shape index (κ2) is 12.7. The van der Waals surface area contributed by atoms with Crippen molar-refractivity contribution in [3.8, 4) is 28.1 Å². The number of rotatable bonds is 3. The Bertz CT molecular complexity index is 1730. The highest BCUT2D eigenvalue weighted by Gasteiger charge is 2.41. The molecule has 9 heteroatoms. The van der Waals surface area contributed by atoms with Crippen LogP contribution in [-0.2, 0) is 20.7 Å². The molecule has 7 rings (SSSR count). The lowest BCUT2D eigenvalue weighted by Crippen LogP contribution is -2.54. The molecule has 5 heterocycles. The van der Waals surface area contributed by atoms with Crippen molar-refractivity contribution in [1.29, 1.82) is 0 Å². The molecule has 3 unspecified atom stereocenters. The molecule has 0 radical (unpaired) electrons. The molecule has 2 aromatic heterocycles. The van der Waals surface area contributed by atoms with E-state index >= 15 is 0 Å². The van der Waals surface area contributed by atoms with Gasteiger partial charge >= 0.3 is 5.97 Å². The van der Waals surface area contributed by atoms with Crippen LogP contribution in [0.15, 0.2) is 54.6 Å². The van der Waals surface area contributed by atoms with Gasteiger partial charge in [0.2, 0.25) is 0 Å². The van der Waals surface area contributed by atoms with Crippen LogP contribution in [0, 0.1) is 6.92 Å². The molecule has 0 spiro atoms. The summed E-state index contributed by atoms with van der Waals surface area (Å²) in [6, 6.07) is 18.4. The highest BCUT2D eigenvalue weighted by atomic mass is 16.5. The third-order valence-corrected chi connectivity index (χ3v) is 8.95. The van der Waals surface area contributed by atoms with Crippen LogP contribution in [0.5, 0.6) is 5.75 Å². The largest absolute Gasteiger partial charge is 0.490 e. The van der Waals surface area contributed by atoms with Gasteiger partial charge in [-0.3, -0.25) is 4.79 Å². The Balaban J connectivity index is 1.54. The number of carboxylic acids is 1. The molecule has 46 heavy (non-hydrogen) atoms. The van der Waals surface area contributed by atoms with Crippen molar-refractivity contribution in [2.45, 2.75) is 104 Å². The fourth-order valence-corrected chi connectivity index (χ4v) is 6.68. The summed E-state index contributed by atoms with van der Waals surface area (Å²) < 4.78 is 21.6. The van der Waals surface area contributed by atoms with E-state index in [4.69, 9.17) is 24.3 Å². The van der Waals surface area contributed by atoms with Crippen LogP contribution in [0.1, 0.15) is 78.0 Å². The number of hydrogen-bond donors (Lipinski definition) is 1. The van der Waals surface area contributed by atoms with Crippen molar-refractivity contribution in [2.24, 2.45) is 0 Å². The quantitative estimate of drug-likeness (QED) is 0.250. The molecule has 0 amide bonds. The average molecular weight is 627 g/mol. The van der Waals surface area contributed by atoms with Crippen LogP contribution in [0.25, 0.3) is 28.0 Å². The Kier molecular flexibility index (Phi) is 8.83. The van der Waals surface area contributed by atoms with E-state index in [1.807, 2.05) is 68.6 Å². The Morgan fingerprint density at radius 2 is 1.89 bits per heavy atom. The third-order valence-electron chi connectivity index (χ3n) is 8.95. The fourth-order valence-electron chi connectivity index (χ4n) is 6.68. The number of aliphatic carboxylic acids is 1. The normalized spacial score (nSPS) is 22.4. The zero-order valence-electron chi connectivity index (χ0n) is 27.9. The number of anilines is 1. The summed E-state index contributed by atoms with van der Waals surface area (Å²) in [7, 11) is 0. The molecular formula is C37H46N4O5. The van der Waals surface area contributed by atoms with E-state index in [1.165, 1.54) is 0 Å².